The summed E-state index contributed by atoms with van der Waals surface area (Å²) in [5.41, 5.74) is 6.31. The van der Waals surface area contributed by atoms with Crippen molar-refractivity contribution in [3.8, 4) is 0 Å². The molecule has 7 heteroatoms. The molecule has 16 heavy (non-hydrogen) atoms. The summed E-state index contributed by atoms with van der Waals surface area (Å²) < 4.78 is 4.74. The molecule has 0 spiro atoms. The van der Waals surface area contributed by atoms with Crippen molar-refractivity contribution in [1.29, 1.82) is 0 Å². The lowest BCUT2D eigenvalue weighted by Gasteiger charge is -2.08. The first-order valence-electron chi connectivity index (χ1n) is 4.68. The molecule has 1 rings (SSSR count). The average Bonchev–Trinajstić information content (AvgIpc) is 2.66. The van der Waals surface area contributed by atoms with Crippen LogP contribution in [0.1, 0.15) is 24.9 Å². The number of nitrogens with two attached hydrogens (primary N) is 1. The Morgan fingerprint density at radius 3 is 2.94 bits per heavy atom. The second kappa shape index (κ2) is 5.57. The van der Waals surface area contributed by atoms with E-state index in [9.17, 15) is 14.9 Å². The summed E-state index contributed by atoms with van der Waals surface area (Å²) in [6.45, 7) is 2.01. The zero-order valence-corrected chi connectivity index (χ0v) is 9.53. The van der Waals surface area contributed by atoms with Crippen molar-refractivity contribution in [3.05, 3.63) is 27.1 Å². The van der Waals surface area contributed by atoms with Crippen molar-refractivity contribution in [1.82, 2.24) is 0 Å². The SMILES string of the molecule is CCOC(=O)CC(N)c1csc([N+](=O)[O-])c1. The van der Waals surface area contributed by atoms with Crippen LogP contribution in [0.15, 0.2) is 11.4 Å². The van der Waals surface area contributed by atoms with E-state index in [1.807, 2.05) is 0 Å². The van der Waals surface area contributed by atoms with Crippen molar-refractivity contribution in [3.63, 3.8) is 0 Å². The van der Waals surface area contributed by atoms with Crippen molar-refractivity contribution >= 4 is 22.3 Å². The predicted molar refractivity (Wildman–Crippen MR) is 59.2 cm³/mol. The number of hydrogen-bond acceptors (Lipinski definition) is 6. The Balaban J connectivity index is 2.62. The minimum atomic E-state index is -0.552. The molecule has 1 atom stereocenters. The van der Waals surface area contributed by atoms with Crippen LogP contribution >= 0.6 is 11.3 Å². The van der Waals surface area contributed by atoms with E-state index in [4.69, 9.17) is 10.5 Å². The number of carbonyl (C=O) groups is 1. The Hall–Kier alpha value is -1.47. The second-order valence-electron chi connectivity index (χ2n) is 3.09. The van der Waals surface area contributed by atoms with E-state index >= 15 is 0 Å². The topological polar surface area (TPSA) is 95.5 Å². The summed E-state index contributed by atoms with van der Waals surface area (Å²) >= 11 is 0.995. The fourth-order valence-electron chi connectivity index (χ4n) is 1.15. The van der Waals surface area contributed by atoms with Gasteiger partial charge in [0.15, 0.2) is 0 Å². The maximum absolute atomic E-state index is 11.1. The standard InChI is InChI=1S/C9H12N2O4S/c1-2-15-9(12)4-7(10)6-3-8(11(13)14)16-5-6/h3,5,7H,2,4,10H2,1H3. The lowest BCUT2D eigenvalue weighted by Crippen LogP contribution is -2.16. The van der Waals surface area contributed by atoms with Crippen molar-refractivity contribution in [2.75, 3.05) is 6.61 Å². The molecular weight excluding hydrogens is 232 g/mol. The largest absolute Gasteiger partial charge is 0.466 e. The Kier molecular flexibility index (Phi) is 4.39. The van der Waals surface area contributed by atoms with Crippen LogP contribution in [-0.2, 0) is 9.53 Å². The first-order chi connectivity index (χ1) is 7.54. The number of thiophene rings is 1. The van der Waals surface area contributed by atoms with Gasteiger partial charge < -0.3 is 10.5 Å². The minimum Gasteiger partial charge on any atom is -0.466 e. The van der Waals surface area contributed by atoms with Crippen LogP contribution in [0.5, 0.6) is 0 Å². The van der Waals surface area contributed by atoms with Gasteiger partial charge in [-0.15, -0.1) is 0 Å². The van der Waals surface area contributed by atoms with E-state index in [1.165, 1.54) is 6.07 Å². The van der Waals surface area contributed by atoms with Gasteiger partial charge in [0, 0.05) is 17.5 Å². The molecule has 0 aromatic carbocycles. The van der Waals surface area contributed by atoms with Gasteiger partial charge in [0.2, 0.25) is 0 Å². The molecule has 0 radical (unpaired) electrons. The molecule has 0 bridgehead atoms. The van der Waals surface area contributed by atoms with Crippen LogP contribution in [0.3, 0.4) is 0 Å². The maximum atomic E-state index is 11.1. The fraction of sp³-hybridized carbons (Fsp3) is 0.444. The highest BCUT2D eigenvalue weighted by Gasteiger charge is 2.17. The molecule has 1 unspecified atom stereocenters. The third-order valence-electron chi connectivity index (χ3n) is 1.91. The van der Waals surface area contributed by atoms with Gasteiger partial charge in [-0.2, -0.15) is 0 Å². The number of carbonyl (C=O) groups excluding carboxylic acids is 1. The van der Waals surface area contributed by atoms with Gasteiger partial charge in [-0.25, -0.2) is 0 Å². The molecule has 0 amide bonds. The molecule has 1 heterocycles. The number of ether oxygens (including phenoxy) is 1. The Morgan fingerprint density at radius 2 is 2.44 bits per heavy atom. The normalized spacial score (nSPS) is 12.1. The quantitative estimate of drug-likeness (QED) is 0.482. The summed E-state index contributed by atoms with van der Waals surface area (Å²) in [5.74, 6) is -0.399. The molecule has 1 aromatic rings. The summed E-state index contributed by atoms with van der Waals surface area (Å²) in [7, 11) is 0. The van der Waals surface area contributed by atoms with E-state index in [0.29, 0.717) is 12.2 Å². The molecule has 0 saturated heterocycles. The van der Waals surface area contributed by atoms with Gasteiger partial charge in [-0.3, -0.25) is 14.9 Å². The Morgan fingerprint density at radius 1 is 1.75 bits per heavy atom. The minimum absolute atomic E-state index is 0.0225. The van der Waals surface area contributed by atoms with E-state index in [0.717, 1.165) is 11.3 Å². The molecule has 6 nitrogen and oxygen atoms in total. The van der Waals surface area contributed by atoms with Crippen LogP contribution in [0.25, 0.3) is 0 Å². The highest BCUT2D eigenvalue weighted by Crippen LogP contribution is 2.27. The van der Waals surface area contributed by atoms with E-state index in [2.05, 4.69) is 0 Å². The average molecular weight is 244 g/mol. The van der Waals surface area contributed by atoms with E-state index in [-0.39, 0.29) is 11.4 Å². The molecule has 0 fully saturated rings. The molecule has 0 aliphatic heterocycles. The van der Waals surface area contributed by atoms with Crippen molar-refractivity contribution in [2.45, 2.75) is 19.4 Å². The monoisotopic (exact) mass is 244 g/mol. The Labute approximate surface area is 96.2 Å². The number of esters is 1. The zero-order chi connectivity index (χ0) is 12.1. The van der Waals surface area contributed by atoms with Gasteiger partial charge in [0.05, 0.1) is 18.0 Å². The number of rotatable bonds is 5. The molecule has 0 aliphatic carbocycles. The van der Waals surface area contributed by atoms with Gasteiger partial charge in [0.1, 0.15) is 0 Å². The fourth-order valence-corrected chi connectivity index (χ4v) is 1.94. The van der Waals surface area contributed by atoms with Crippen LogP contribution in [0.2, 0.25) is 0 Å². The summed E-state index contributed by atoms with van der Waals surface area (Å²) in [5, 5.41) is 12.1. The molecular formula is C9H12N2O4S. The molecule has 1 aromatic heterocycles. The lowest BCUT2D eigenvalue weighted by molar-refractivity contribution is -0.380. The predicted octanol–water partition coefficient (Wildman–Crippen LogP) is 1.61. The van der Waals surface area contributed by atoms with E-state index < -0.39 is 16.9 Å². The highest BCUT2D eigenvalue weighted by molar-refractivity contribution is 7.13. The first-order valence-corrected chi connectivity index (χ1v) is 5.56. The number of nitrogens with zero attached hydrogens (tertiary/aromatic N) is 1. The molecule has 0 aliphatic rings. The van der Waals surface area contributed by atoms with E-state index in [1.54, 1.807) is 12.3 Å². The van der Waals surface area contributed by atoms with Crippen LogP contribution in [0.4, 0.5) is 5.00 Å². The molecule has 0 saturated carbocycles. The number of hydrogen-bond donors (Lipinski definition) is 1. The summed E-state index contributed by atoms with van der Waals surface area (Å²) in [6, 6.07) is 0.832. The van der Waals surface area contributed by atoms with Crippen LogP contribution in [0, 0.1) is 10.1 Å². The zero-order valence-electron chi connectivity index (χ0n) is 8.71. The maximum Gasteiger partial charge on any atom is 0.324 e. The van der Waals surface area contributed by atoms with Crippen LogP contribution < -0.4 is 5.73 Å². The molecule has 88 valence electrons. The lowest BCUT2D eigenvalue weighted by atomic mass is 10.1. The van der Waals surface area contributed by atoms with Gasteiger partial charge in [-0.05, 0) is 12.5 Å². The van der Waals surface area contributed by atoms with Crippen LogP contribution in [-0.4, -0.2) is 17.5 Å². The number of nitro groups is 1. The first kappa shape index (κ1) is 12.6. The summed E-state index contributed by atoms with van der Waals surface area (Å²) in [6.07, 6.45) is 0.0295. The van der Waals surface area contributed by atoms with Gasteiger partial charge in [0.25, 0.3) is 0 Å². The smallest absolute Gasteiger partial charge is 0.324 e. The third kappa shape index (κ3) is 3.28. The van der Waals surface area contributed by atoms with Gasteiger partial charge >= 0.3 is 11.0 Å². The summed E-state index contributed by atoms with van der Waals surface area (Å²) in [4.78, 5) is 21.1. The third-order valence-corrected chi connectivity index (χ3v) is 2.80. The molecule has 2 N–H and O–H groups in total. The van der Waals surface area contributed by atoms with Crippen molar-refractivity contribution < 1.29 is 14.5 Å². The second-order valence-corrected chi connectivity index (χ2v) is 3.98. The van der Waals surface area contributed by atoms with Gasteiger partial charge in [-0.1, -0.05) is 11.3 Å². The van der Waals surface area contributed by atoms with Crippen molar-refractivity contribution in [2.24, 2.45) is 5.73 Å². The highest BCUT2D eigenvalue weighted by atomic mass is 32.1. The Bertz CT molecular complexity index is 391.